The summed E-state index contributed by atoms with van der Waals surface area (Å²) >= 11 is 1.41. The SMILES string of the molecule is C=Cc1sncc1N=CC. The molecule has 3 heteroatoms. The maximum Gasteiger partial charge on any atom is 0.101 e. The molecule has 0 fully saturated rings. The van der Waals surface area contributed by atoms with E-state index in [1.807, 2.05) is 6.92 Å². The topological polar surface area (TPSA) is 25.2 Å². The first-order chi connectivity index (χ1) is 4.88. The number of nitrogens with zero attached hydrogens (tertiary/aromatic N) is 2. The molecule has 52 valence electrons. The van der Waals surface area contributed by atoms with Crippen molar-refractivity contribution in [2.75, 3.05) is 0 Å². The number of aromatic nitrogens is 1. The van der Waals surface area contributed by atoms with Crippen LogP contribution in [0, 0.1) is 0 Å². The van der Waals surface area contributed by atoms with Gasteiger partial charge >= 0.3 is 0 Å². The van der Waals surface area contributed by atoms with Gasteiger partial charge in [0.05, 0.1) is 11.1 Å². The van der Waals surface area contributed by atoms with Gasteiger partial charge in [-0.15, -0.1) is 0 Å². The molecule has 0 saturated heterocycles. The van der Waals surface area contributed by atoms with E-state index in [0.717, 1.165) is 10.6 Å². The molecular formula is C7H8N2S. The van der Waals surface area contributed by atoms with Crippen molar-refractivity contribution in [2.45, 2.75) is 6.92 Å². The van der Waals surface area contributed by atoms with Gasteiger partial charge in [-0.3, -0.25) is 4.99 Å². The third-order valence-corrected chi connectivity index (χ3v) is 1.82. The van der Waals surface area contributed by atoms with Gasteiger partial charge in [-0.2, -0.15) is 4.37 Å². The van der Waals surface area contributed by atoms with E-state index in [-0.39, 0.29) is 0 Å². The van der Waals surface area contributed by atoms with Gasteiger partial charge in [-0.05, 0) is 24.5 Å². The molecule has 1 rings (SSSR count). The second-order valence-electron chi connectivity index (χ2n) is 1.67. The van der Waals surface area contributed by atoms with Crippen LogP contribution in [0.2, 0.25) is 0 Å². The Morgan fingerprint density at radius 2 is 2.60 bits per heavy atom. The van der Waals surface area contributed by atoms with Crippen LogP contribution in [-0.2, 0) is 0 Å². The minimum Gasteiger partial charge on any atom is -0.258 e. The summed E-state index contributed by atoms with van der Waals surface area (Å²) in [4.78, 5) is 5.12. The molecule has 0 aliphatic carbocycles. The average molecular weight is 152 g/mol. The lowest BCUT2D eigenvalue weighted by Crippen LogP contribution is -1.61. The molecule has 1 aromatic rings. The fraction of sp³-hybridized carbons (Fsp3) is 0.143. The monoisotopic (exact) mass is 152 g/mol. The highest BCUT2D eigenvalue weighted by atomic mass is 32.1. The first-order valence-electron chi connectivity index (χ1n) is 2.94. The summed E-state index contributed by atoms with van der Waals surface area (Å²) in [6.45, 7) is 5.52. The van der Waals surface area contributed by atoms with Crippen LogP contribution < -0.4 is 0 Å². The lowest BCUT2D eigenvalue weighted by Gasteiger charge is -1.84. The molecule has 0 aliphatic rings. The summed E-state index contributed by atoms with van der Waals surface area (Å²) in [6, 6.07) is 0. The molecule has 0 amide bonds. The molecule has 2 nitrogen and oxygen atoms in total. The summed E-state index contributed by atoms with van der Waals surface area (Å²) in [5, 5.41) is 0. The van der Waals surface area contributed by atoms with Gasteiger partial charge in [0, 0.05) is 6.21 Å². The van der Waals surface area contributed by atoms with Gasteiger partial charge in [0.25, 0.3) is 0 Å². The van der Waals surface area contributed by atoms with Crippen molar-refractivity contribution in [1.29, 1.82) is 0 Å². The summed E-state index contributed by atoms with van der Waals surface area (Å²) < 4.78 is 3.97. The highest BCUT2D eigenvalue weighted by Crippen LogP contribution is 2.22. The minimum atomic E-state index is 0.905. The quantitative estimate of drug-likeness (QED) is 0.598. The van der Waals surface area contributed by atoms with Gasteiger partial charge in [-0.25, -0.2) is 0 Å². The van der Waals surface area contributed by atoms with E-state index in [2.05, 4.69) is 15.9 Å². The Balaban J connectivity index is 3.00. The molecular weight excluding hydrogens is 144 g/mol. The summed E-state index contributed by atoms with van der Waals surface area (Å²) in [7, 11) is 0. The zero-order valence-corrected chi connectivity index (χ0v) is 6.56. The predicted octanol–water partition coefficient (Wildman–Crippen LogP) is 2.51. The highest BCUT2D eigenvalue weighted by molar-refractivity contribution is 7.07. The molecule has 0 radical (unpaired) electrons. The van der Waals surface area contributed by atoms with Crippen molar-refractivity contribution in [2.24, 2.45) is 4.99 Å². The van der Waals surface area contributed by atoms with Crippen LogP contribution in [-0.4, -0.2) is 10.6 Å². The molecule has 0 spiro atoms. The number of rotatable bonds is 2. The van der Waals surface area contributed by atoms with Crippen LogP contribution in [0.25, 0.3) is 6.08 Å². The Labute approximate surface area is 64.1 Å². The number of hydrogen-bond acceptors (Lipinski definition) is 3. The van der Waals surface area contributed by atoms with Gasteiger partial charge in [-0.1, -0.05) is 6.58 Å². The van der Waals surface area contributed by atoms with Gasteiger partial charge in [0.2, 0.25) is 0 Å². The van der Waals surface area contributed by atoms with Crippen LogP contribution >= 0.6 is 11.5 Å². The van der Waals surface area contributed by atoms with Crippen molar-refractivity contribution in [1.82, 2.24) is 4.37 Å². The zero-order chi connectivity index (χ0) is 7.40. The molecule has 10 heavy (non-hydrogen) atoms. The van der Waals surface area contributed by atoms with E-state index in [4.69, 9.17) is 0 Å². The van der Waals surface area contributed by atoms with Gasteiger partial charge in [0.15, 0.2) is 0 Å². The highest BCUT2D eigenvalue weighted by Gasteiger charge is 1.96. The van der Waals surface area contributed by atoms with Crippen LogP contribution in [0.3, 0.4) is 0 Å². The Bertz CT molecular complexity index is 250. The second-order valence-corrected chi connectivity index (χ2v) is 2.50. The molecule has 0 unspecified atom stereocenters. The van der Waals surface area contributed by atoms with E-state index < -0.39 is 0 Å². The minimum absolute atomic E-state index is 0.905. The van der Waals surface area contributed by atoms with Crippen LogP contribution in [0.1, 0.15) is 11.8 Å². The Hall–Kier alpha value is -0.960. The Kier molecular flexibility index (Phi) is 2.34. The lowest BCUT2D eigenvalue weighted by atomic mass is 10.4. The standard InChI is InChI=1S/C7H8N2S/c1-3-7-6(8-4-2)5-9-10-7/h3-5H,1H2,2H3. The third kappa shape index (κ3) is 1.30. The molecule has 0 aromatic carbocycles. The second kappa shape index (κ2) is 3.27. The average Bonchev–Trinajstić information content (AvgIpc) is 2.36. The molecule has 0 atom stereocenters. The molecule has 0 aliphatic heterocycles. The first-order valence-corrected chi connectivity index (χ1v) is 3.71. The molecule has 0 bridgehead atoms. The van der Waals surface area contributed by atoms with Gasteiger partial charge in [0.1, 0.15) is 5.69 Å². The third-order valence-electron chi connectivity index (χ3n) is 1.03. The fourth-order valence-electron chi connectivity index (χ4n) is 0.621. The molecule has 0 N–H and O–H groups in total. The maximum atomic E-state index is 4.09. The van der Waals surface area contributed by atoms with Crippen LogP contribution in [0.15, 0.2) is 17.8 Å². The van der Waals surface area contributed by atoms with Crippen molar-refractivity contribution >= 4 is 29.5 Å². The van der Waals surface area contributed by atoms with Crippen LogP contribution in [0.4, 0.5) is 5.69 Å². The molecule has 1 heterocycles. The molecule has 1 aromatic heterocycles. The predicted molar refractivity (Wildman–Crippen MR) is 46.0 cm³/mol. The van der Waals surface area contributed by atoms with Crippen LogP contribution in [0.5, 0.6) is 0 Å². The number of aliphatic imine (C=N–C) groups is 1. The van der Waals surface area contributed by atoms with E-state index in [1.54, 1.807) is 18.5 Å². The summed E-state index contributed by atoms with van der Waals surface area (Å²) in [6.07, 6.45) is 5.25. The maximum absolute atomic E-state index is 4.09. The number of hydrogen-bond donors (Lipinski definition) is 0. The smallest absolute Gasteiger partial charge is 0.101 e. The van der Waals surface area contributed by atoms with E-state index in [1.165, 1.54) is 11.5 Å². The first kappa shape index (κ1) is 7.15. The van der Waals surface area contributed by atoms with Crippen molar-refractivity contribution in [3.63, 3.8) is 0 Å². The fourth-order valence-corrected chi connectivity index (χ4v) is 1.16. The Morgan fingerprint density at radius 1 is 1.80 bits per heavy atom. The Morgan fingerprint density at radius 3 is 3.20 bits per heavy atom. The van der Waals surface area contributed by atoms with E-state index in [9.17, 15) is 0 Å². The normalized spacial score (nSPS) is 10.5. The van der Waals surface area contributed by atoms with Crippen molar-refractivity contribution in [3.05, 3.63) is 17.7 Å². The lowest BCUT2D eigenvalue weighted by molar-refractivity contribution is 1.50. The summed E-state index contributed by atoms with van der Waals surface area (Å²) in [5.41, 5.74) is 0.905. The van der Waals surface area contributed by atoms with E-state index in [0.29, 0.717) is 0 Å². The summed E-state index contributed by atoms with van der Waals surface area (Å²) in [5.74, 6) is 0. The molecule has 0 saturated carbocycles. The van der Waals surface area contributed by atoms with Gasteiger partial charge < -0.3 is 0 Å². The van der Waals surface area contributed by atoms with Crippen molar-refractivity contribution < 1.29 is 0 Å². The zero-order valence-electron chi connectivity index (χ0n) is 5.74. The van der Waals surface area contributed by atoms with E-state index >= 15 is 0 Å². The largest absolute Gasteiger partial charge is 0.258 e. The van der Waals surface area contributed by atoms with Crippen molar-refractivity contribution in [3.8, 4) is 0 Å².